The molecule has 1 aliphatic rings. The molecule has 3 aromatic rings. The molecule has 3 aromatic heterocycles. The lowest BCUT2D eigenvalue weighted by Crippen LogP contribution is -2.47. The molecule has 0 bridgehead atoms. The summed E-state index contributed by atoms with van der Waals surface area (Å²) in [5, 5.41) is 7.41. The van der Waals surface area contributed by atoms with E-state index in [2.05, 4.69) is 34.1 Å². The van der Waals surface area contributed by atoms with Gasteiger partial charge in [0.1, 0.15) is 0 Å². The van der Waals surface area contributed by atoms with Crippen LogP contribution in [0, 0.1) is 12.9 Å². The Morgan fingerprint density at radius 2 is 1.97 bits per heavy atom. The van der Waals surface area contributed by atoms with Gasteiger partial charge < -0.3 is 16.0 Å². The zero-order chi connectivity index (χ0) is 24.6. The second-order valence-electron chi connectivity index (χ2n) is 9.33. The summed E-state index contributed by atoms with van der Waals surface area (Å²) in [4.78, 5) is 30.0. The van der Waals surface area contributed by atoms with Crippen molar-refractivity contribution in [1.82, 2.24) is 19.9 Å². The van der Waals surface area contributed by atoms with Crippen LogP contribution < -0.4 is 16.0 Å². The standard InChI is InChI=1S/C25H31FN6O2/c1-14(2)32(19-7-5-18(6-8-19)30-16(4)33)23-20(25(27)34)12-29-31-13-17(11-21(23)31)22-15(3)9-10-28-24(22)26/h9-14,18-19H,5-8H2,1-4H3,(H2,27,34)(H,30,33). The van der Waals surface area contributed by atoms with E-state index < -0.39 is 11.9 Å². The van der Waals surface area contributed by atoms with Crippen molar-refractivity contribution in [3.8, 4) is 11.1 Å². The summed E-state index contributed by atoms with van der Waals surface area (Å²) in [6.45, 7) is 7.53. The molecule has 0 radical (unpaired) electrons. The van der Waals surface area contributed by atoms with Crippen molar-refractivity contribution in [2.75, 3.05) is 4.90 Å². The van der Waals surface area contributed by atoms with Gasteiger partial charge in [-0.05, 0) is 64.2 Å². The largest absolute Gasteiger partial charge is 0.365 e. The van der Waals surface area contributed by atoms with Crippen LogP contribution in [0.4, 0.5) is 10.1 Å². The predicted octanol–water partition coefficient (Wildman–Crippen LogP) is 3.60. The number of aromatic nitrogens is 3. The number of pyridine rings is 1. The van der Waals surface area contributed by atoms with Gasteiger partial charge in [0, 0.05) is 48.6 Å². The fourth-order valence-electron chi connectivity index (χ4n) is 5.15. The van der Waals surface area contributed by atoms with Gasteiger partial charge in [0.05, 0.1) is 23.0 Å². The molecule has 0 unspecified atom stereocenters. The maximum Gasteiger partial charge on any atom is 0.252 e. The quantitative estimate of drug-likeness (QED) is 0.540. The number of nitrogens with one attached hydrogen (secondary N) is 1. The molecule has 0 saturated heterocycles. The Morgan fingerprint density at radius 3 is 2.56 bits per heavy atom. The molecule has 9 heteroatoms. The summed E-state index contributed by atoms with van der Waals surface area (Å²) >= 11 is 0. The number of anilines is 1. The maximum absolute atomic E-state index is 14.6. The molecule has 0 aliphatic heterocycles. The smallest absolute Gasteiger partial charge is 0.252 e. The Hall–Kier alpha value is -3.49. The number of rotatable bonds is 6. The summed E-state index contributed by atoms with van der Waals surface area (Å²) in [6, 6.07) is 4.00. The summed E-state index contributed by atoms with van der Waals surface area (Å²) in [5.41, 5.74) is 9.31. The van der Waals surface area contributed by atoms with Gasteiger partial charge >= 0.3 is 0 Å². The normalized spacial score (nSPS) is 18.3. The minimum absolute atomic E-state index is 0.0188. The number of amides is 2. The van der Waals surface area contributed by atoms with E-state index in [9.17, 15) is 14.0 Å². The van der Waals surface area contributed by atoms with Crippen molar-refractivity contribution in [2.24, 2.45) is 5.73 Å². The zero-order valence-electron chi connectivity index (χ0n) is 20.0. The Balaban J connectivity index is 1.82. The summed E-state index contributed by atoms with van der Waals surface area (Å²) in [6.07, 6.45) is 8.11. The number of primary amides is 1. The second kappa shape index (κ2) is 9.40. The summed E-state index contributed by atoms with van der Waals surface area (Å²) < 4.78 is 16.3. The van der Waals surface area contributed by atoms with Gasteiger partial charge in [-0.3, -0.25) is 9.59 Å². The minimum Gasteiger partial charge on any atom is -0.365 e. The number of fused-ring (bicyclic) bond motifs is 1. The number of halogens is 1. The highest BCUT2D eigenvalue weighted by Gasteiger charge is 2.32. The van der Waals surface area contributed by atoms with E-state index in [0.717, 1.165) is 31.2 Å². The van der Waals surface area contributed by atoms with Crippen LogP contribution in [-0.2, 0) is 4.79 Å². The number of nitrogens with zero attached hydrogens (tertiary/aromatic N) is 4. The lowest BCUT2D eigenvalue weighted by molar-refractivity contribution is -0.119. The van der Waals surface area contributed by atoms with Crippen LogP contribution in [0.25, 0.3) is 16.6 Å². The lowest BCUT2D eigenvalue weighted by Gasteiger charge is -2.41. The van der Waals surface area contributed by atoms with E-state index in [0.29, 0.717) is 27.9 Å². The predicted molar refractivity (Wildman–Crippen MR) is 129 cm³/mol. The average molecular weight is 467 g/mol. The molecule has 0 aromatic carbocycles. The van der Waals surface area contributed by atoms with E-state index in [1.165, 1.54) is 19.3 Å². The first-order valence-electron chi connectivity index (χ1n) is 11.7. The lowest BCUT2D eigenvalue weighted by atomic mass is 9.88. The topological polar surface area (TPSA) is 106 Å². The van der Waals surface area contributed by atoms with Crippen molar-refractivity contribution in [3.63, 3.8) is 0 Å². The van der Waals surface area contributed by atoms with Gasteiger partial charge in [0.2, 0.25) is 11.9 Å². The number of hydrogen-bond donors (Lipinski definition) is 2. The van der Waals surface area contributed by atoms with Crippen molar-refractivity contribution in [3.05, 3.63) is 47.8 Å². The number of carbonyl (C=O) groups excluding carboxylic acids is 2. The van der Waals surface area contributed by atoms with E-state index in [4.69, 9.17) is 5.73 Å². The van der Waals surface area contributed by atoms with Crippen molar-refractivity contribution < 1.29 is 14.0 Å². The van der Waals surface area contributed by atoms with Crippen LogP contribution >= 0.6 is 0 Å². The van der Waals surface area contributed by atoms with E-state index in [1.54, 1.807) is 16.8 Å². The van der Waals surface area contributed by atoms with Gasteiger partial charge in [0.25, 0.3) is 5.91 Å². The first kappa shape index (κ1) is 23.7. The summed E-state index contributed by atoms with van der Waals surface area (Å²) in [5.74, 6) is -1.13. The third kappa shape index (κ3) is 4.47. The molecular formula is C25H31FN6O2. The molecule has 180 valence electrons. The number of aryl methyl sites for hydroxylation is 1. The van der Waals surface area contributed by atoms with Crippen LogP contribution in [0.1, 0.15) is 62.4 Å². The first-order valence-corrected chi connectivity index (χ1v) is 11.7. The molecule has 1 aliphatic carbocycles. The van der Waals surface area contributed by atoms with Crippen LogP contribution in [0.3, 0.4) is 0 Å². The van der Waals surface area contributed by atoms with Gasteiger partial charge in [-0.1, -0.05) is 0 Å². The first-order chi connectivity index (χ1) is 16.2. The molecule has 1 saturated carbocycles. The molecule has 34 heavy (non-hydrogen) atoms. The Kier molecular flexibility index (Phi) is 6.54. The molecule has 4 rings (SSSR count). The Morgan fingerprint density at radius 1 is 1.26 bits per heavy atom. The molecule has 0 spiro atoms. The number of carbonyl (C=O) groups is 2. The summed E-state index contributed by atoms with van der Waals surface area (Å²) in [7, 11) is 0. The highest BCUT2D eigenvalue weighted by Crippen LogP contribution is 2.37. The van der Waals surface area contributed by atoms with Crippen LogP contribution in [-0.4, -0.2) is 44.5 Å². The zero-order valence-corrected chi connectivity index (χ0v) is 20.0. The van der Waals surface area contributed by atoms with Crippen LogP contribution in [0.15, 0.2) is 30.7 Å². The van der Waals surface area contributed by atoms with Crippen LogP contribution in [0.2, 0.25) is 0 Å². The molecular weight excluding hydrogens is 435 g/mol. The van der Waals surface area contributed by atoms with Crippen molar-refractivity contribution in [2.45, 2.75) is 71.5 Å². The molecule has 3 heterocycles. The highest BCUT2D eigenvalue weighted by atomic mass is 19.1. The third-order valence-electron chi connectivity index (χ3n) is 6.59. The van der Waals surface area contributed by atoms with Gasteiger partial charge in [-0.2, -0.15) is 9.49 Å². The van der Waals surface area contributed by atoms with Gasteiger partial charge in [-0.25, -0.2) is 9.50 Å². The Bertz CT molecular complexity index is 1210. The van der Waals surface area contributed by atoms with E-state index in [-0.39, 0.29) is 24.0 Å². The monoisotopic (exact) mass is 466 g/mol. The van der Waals surface area contributed by atoms with Crippen molar-refractivity contribution >= 4 is 23.0 Å². The average Bonchev–Trinajstić information content (AvgIpc) is 3.18. The van der Waals surface area contributed by atoms with Crippen LogP contribution in [0.5, 0.6) is 0 Å². The molecule has 3 N–H and O–H groups in total. The fraction of sp³-hybridized carbons (Fsp3) is 0.440. The SMILES string of the molecule is CC(=O)NC1CCC(N(c2c(C(N)=O)cnn3cc(-c4c(C)ccnc4F)cc23)C(C)C)CC1. The van der Waals surface area contributed by atoms with Gasteiger partial charge in [-0.15, -0.1) is 0 Å². The molecule has 1 fully saturated rings. The minimum atomic E-state index is -0.561. The molecule has 0 atom stereocenters. The van der Waals surface area contributed by atoms with Gasteiger partial charge in [0.15, 0.2) is 0 Å². The number of nitrogens with two attached hydrogens (primary N) is 1. The van der Waals surface area contributed by atoms with E-state index >= 15 is 0 Å². The van der Waals surface area contributed by atoms with Crippen molar-refractivity contribution in [1.29, 1.82) is 0 Å². The van der Waals surface area contributed by atoms with E-state index in [1.807, 2.05) is 13.0 Å². The number of hydrogen-bond acceptors (Lipinski definition) is 5. The fourth-order valence-corrected chi connectivity index (χ4v) is 5.15. The second-order valence-corrected chi connectivity index (χ2v) is 9.33. The Labute approximate surface area is 198 Å². The molecule has 8 nitrogen and oxygen atoms in total. The molecule has 2 amide bonds. The maximum atomic E-state index is 14.6. The third-order valence-corrected chi connectivity index (χ3v) is 6.59. The highest BCUT2D eigenvalue weighted by molar-refractivity contribution is 6.03.